The molecule has 0 bridgehead atoms. The highest BCUT2D eigenvalue weighted by atomic mass is 32.2. The predicted molar refractivity (Wildman–Crippen MR) is 56.7 cm³/mol. The van der Waals surface area contributed by atoms with E-state index in [1.807, 2.05) is 25.1 Å². The van der Waals surface area contributed by atoms with E-state index < -0.39 is 5.44 Å². The van der Waals surface area contributed by atoms with Crippen LogP contribution in [0.4, 0.5) is 0 Å². The highest BCUT2D eigenvalue weighted by Gasteiger charge is 2.06. The highest BCUT2D eigenvalue weighted by molar-refractivity contribution is 7.99. The smallest absolute Gasteiger partial charge is 0.142 e. The molecule has 73 valence electrons. The second-order valence-electron chi connectivity index (χ2n) is 3.04. The van der Waals surface area contributed by atoms with E-state index in [9.17, 15) is 5.11 Å². The van der Waals surface area contributed by atoms with E-state index in [1.54, 1.807) is 6.33 Å². The Morgan fingerprint density at radius 3 is 3.21 bits per heavy atom. The molecule has 3 nitrogen and oxygen atoms in total. The average molecular weight is 207 g/mol. The summed E-state index contributed by atoms with van der Waals surface area (Å²) in [6.45, 7) is 1.90. The second kappa shape index (κ2) is 4.02. The van der Waals surface area contributed by atoms with E-state index in [0.29, 0.717) is 6.42 Å². The fraction of sp³-hybridized carbons (Fsp3) is 0.300. The van der Waals surface area contributed by atoms with Crippen LogP contribution in [-0.2, 0) is 5.11 Å². The largest absolute Gasteiger partial charge is 0.345 e. The van der Waals surface area contributed by atoms with Crippen molar-refractivity contribution in [1.82, 2.24) is 9.97 Å². The van der Waals surface area contributed by atoms with Crippen molar-refractivity contribution in [2.75, 3.05) is 0 Å². The van der Waals surface area contributed by atoms with Gasteiger partial charge in [-0.2, -0.15) is 0 Å². The molecule has 1 aromatic carbocycles. The Bertz CT molecular complexity index is 427. The molecule has 2 aromatic rings. The number of nitrogens with zero attached hydrogens (tertiary/aromatic N) is 1. The molecular formula is C10H11N2OS. The molecule has 0 spiro atoms. The number of rotatable bonds is 3. The molecule has 0 amide bonds. The first-order chi connectivity index (χ1) is 6.79. The summed E-state index contributed by atoms with van der Waals surface area (Å²) >= 11 is 1.36. The van der Waals surface area contributed by atoms with Gasteiger partial charge in [-0.25, -0.2) is 10.1 Å². The first kappa shape index (κ1) is 9.55. The Morgan fingerprint density at radius 2 is 2.43 bits per heavy atom. The van der Waals surface area contributed by atoms with E-state index in [0.717, 1.165) is 15.9 Å². The van der Waals surface area contributed by atoms with Gasteiger partial charge in [0.2, 0.25) is 0 Å². The van der Waals surface area contributed by atoms with Crippen LogP contribution in [0.3, 0.4) is 0 Å². The van der Waals surface area contributed by atoms with Crippen LogP contribution in [-0.4, -0.2) is 15.4 Å². The molecule has 0 saturated carbocycles. The first-order valence-corrected chi connectivity index (χ1v) is 5.43. The van der Waals surface area contributed by atoms with Gasteiger partial charge in [0, 0.05) is 4.90 Å². The number of aromatic nitrogens is 2. The fourth-order valence-corrected chi connectivity index (χ4v) is 2.03. The topological polar surface area (TPSA) is 48.6 Å². The summed E-state index contributed by atoms with van der Waals surface area (Å²) in [5.74, 6) is 0. The van der Waals surface area contributed by atoms with Crippen molar-refractivity contribution in [3.8, 4) is 0 Å². The number of hydrogen-bond donors (Lipinski definition) is 1. The number of imidazole rings is 1. The number of nitrogens with one attached hydrogen (secondary N) is 1. The molecule has 0 aliphatic carbocycles. The van der Waals surface area contributed by atoms with Crippen molar-refractivity contribution >= 4 is 22.8 Å². The van der Waals surface area contributed by atoms with Crippen molar-refractivity contribution in [3.05, 3.63) is 24.5 Å². The van der Waals surface area contributed by atoms with E-state index in [2.05, 4.69) is 9.97 Å². The van der Waals surface area contributed by atoms with Gasteiger partial charge >= 0.3 is 0 Å². The first-order valence-electron chi connectivity index (χ1n) is 4.55. The summed E-state index contributed by atoms with van der Waals surface area (Å²) in [5, 5.41) is 11.3. The molecule has 0 aliphatic rings. The summed E-state index contributed by atoms with van der Waals surface area (Å²) in [7, 11) is 0. The normalized spacial score (nSPS) is 13.3. The monoisotopic (exact) mass is 207 g/mol. The van der Waals surface area contributed by atoms with Gasteiger partial charge in [0.1, 0.15) is 5.44 Å². The number of benzene rings is 1. The maximum atomic E-state index is 11.3. The van der Waals surface area contributed by atoms with Crippen molar-refractivity contribution in [1.29, 1.82) is 0 Å². The zero-order valence-corrected chi connectivity index (χ0v) is 8.67. The summed E-state index contributed by atoms with van der Waals surface area (Å²) in [5.41, 5.74) is 1.35. The predicted octanol–water partition coefficient (Wildman–Crippen LogP) is 2.82. The number of H-pyrrole nitrogens is 1. The van der Waals surface area contributed by atoms with Crippen LogP contribution in [0.25, 0.3) is 11.0 Å². The van der Waals surface area contributed by atoms with Gasteiger partial charge in [-0.3, -0.25) is 0 Å². The summed E-state index contributed by atoms with van der Waals surface area (Å²) in [4.78, 5) is 8.14. The molecule has 0 saturated heterocycles. The van der Waals surface area contributed by atoms with Crippen molar-refractivity contribution in [3.63, 3.8) is 0 Å². The third-order valence-electron chi connectivity index (χ3n) is 1.99. The van der Waals surface area contributed by atoms with E-state index >= 15 is 0 Å². The van der Waals surface area contributed by atoms with E-state index in [-0.39, 0.29) is 0 Å². The van der Waals surface area contributed by atoms with Crippen LogP contribution in [0.1, 0.15) is 13.3 Å². The lowest BCUT2D eigenvalue weighted by Gasteiger charge is -2.04. The van der Waals surface area contributed by atoms with Crippen LogP contribution >= 0.6 is 11.8 Å². The highest BCUT2D eigenvalue weighted by Crippen LogP contribution is 2.26. The lowest BCUT2D eigenvalue weighted by Crippen LogP contribution is -1.94. The Kier molecular flexibility index (Phi) is 2.74. The minimum atomic E-state index is -0.574. The Hall–Kier alpha value is -1.00. The summed E-state index contributed by atoms with van der Waals surface area (Å²) < 4.78 is 0. The Balaban J connectivity index is 2.25. The molecular weight excluding hydrogens is 196 g/mol. The van der Waals surface area contributed by atoms with Gasteiger partial charge in [-0.15, -0.1) is 0 Å². The Labute approximate surface area is 86.6 Å². The summed E-state index contributed by atoms with van der Waals surface area (Å²) in [6.07, 6.45) is 2.30. The van der Waals surface area contributed by atoms with Crippen LogP contribution < -0.4 is 0 Å². The molecule has 14 heavy (non-hydrogen) atoms. The SMILES string of the molecule is CCC([O])Sc1ccc2nc[nH]c2c1. The van der Waals surface area contributed by atoms with E-state index in [4.69, 9.17) is 0 Å². The van der Waals surface area contributed by atoms with Crippen LogP contribution in [0, 0.1) is 0 Å². The average Bonchev–Trinajstić information content (AvgIpc) is 2.64. The van der Waals surface area contributed by atoms with Crippen LogP contribution in [0.5, 0.6) is 0 Å². The molecule has 0 aliphatic heterocycles. The molecule has 0 fully saturated rings. The van der Waals surface area contributed by atoms with Gasteiger partial charge in [0.25, 0.3) is 0 Å². The van der Waals surface area contributed by atoms with Gasteiger partial charge < -0.3 is 4.98 Å². The van der Waals surface area contributed by atoms with Gasteiger partial charge in [-0.05, 0) is 24.6 Å². The van der Waals surface area contributed by atoms with Gasteiger partial charge in [-0.1, -0.05) is 18.7 Å². The lowest BCUT2D eigenvalue weighted by molar-refractivity contribution is 0.162. The zero-order valence-electron chi connectivity index (χ0n) is 7.86. The standard InChI is InChI=1S/C10H11N2OS/c1-2-10(13)14-7-3-4-8-9(5-7)12-6-11-8/h3-6,10H,2H2,1H3,(H,11,12). The van der Waals surface area contributed by atoms with Gasteiger partial charge in [0.15, 0.2) is 0 Å². The molecule has 1 radical (unpaired) electrons. The maximum Gasteiger partial charge on any atom is 0.142 e. The number of fused-ring (bicyclic) bond motifs is 1. The van der Waals surface area contributed by atoms with Crippen molar-refractivity contribution in [2.45, 2.75) is 23.7 Å². The quantitative estimate of drug-likeness (QED) is 0.621. The Morgan fingerprint density at radius 1 is 1.57 bits per heavy atom. The number of aromatic amines is 1. The molecule has 1 aromatic heterocycles. The minimum absolute atomic E-state index is 0.574. The van der Waals surface area contributed by atoms with E-state index in [1.165, 1.54) is 11.8 Å². The van der Waals surface area contributed by atoms with Crippen LogP contribution in [0.15, 0.2) is 29.4 Å². The van der Waals surface area contributed by atoms with Crippen molar-refractivity contribution < 1.29 is 5.11 Å². The van der Waals surface area contributed by atoms with Gasteiger partial charge in [0.05, 0.1) is 17.4 Å². The maximum absolute atomic E-state index is 11.3. The minimum Gasteiger partial charge on any atom is -0.345 e. The third kappa shape index (κ3) is 1.91. The lowest BCUT2D eigenvalue weighted by atomic mass is 10.3. The molecule has 1 atom stereocenters. The fourth-order valence-electron chi connectivity index (χ4n) is 1.22. The molecule has 1 heterocycles. The molecule has 2 rings (SSSR count). The number of thioether (sulfide) groups is 1. The summed E-state index contributed by atoms with van der Waals surface area (Å²) in [6, 6.07) is 5.83. The zero-order chi connectivity index (χ0) is 9.97. The van der Waals surface area contributed by atoms with Crippen LogP contribution in [0.2, 0.25) is 0 Å². The molecule has 1 unspecified atom stereocenters. The number of hydrogen-bond acceptors (Lipinski definition) is 2. The third-order valence-corrected chi connectivity index (χ3v) is 3.11. The van der Waals surface area contributed by atoms with Crippen molar-refractivity contribution in [2.24, 2.45) is 0 Å². The molecule has 1 N–H and O–H groups in total. The molecule has 4 heteroatoms. The second-order valence-corrected chi connectivity index (χ2v) is 4.27.